The Balaban J connectivity index is 1.59. The highest BCUT2D eigenvalue weighted by Gasteiger charge is 2.23. The van der Waals surface area contributed by atoms with Gasteiger partial charge in [0.2, 0.25) is 0 Å². The lowest BCUT2D eigenvalue weighted by atomic mass is 9.86. The number of hydrogen-bond donors (Lipinski definition) is 3. The molecule has 8 nitrogen and oxygen atoms in total. The molecule has 0 aliphatic heterocycles. The van der Waals surface area contributed by atoms with E-state index in [-0.39, 0.29) is 11.9 Å². The number of nitrogens with two attached hydrogens (primary N) is 1. The van der Waals surface area contributed by atoms with Gasteiger partial charge in [-0.25, -0.2) is 4.98 Å². The van der Waals surface area contributed by atoms with E-state index in [1.165, 1.54) is 0 Å². The first-order valence-electron chi connectivity index (χ1n) is 7.93. The zero-order chi connectivity index (χ0) is 15.8. The van der Waals surface area contributed by atoms with Crippen LogP contribution in [0.15, 0.2) is 18.7 Å². The van der Waals surface area contributed by atoms with Crippen molar-refractivity contribution in [3.63, 3.8) is 0 Å². The lowest BCUT2D eigenvalue weighted by molar-refractivity contribution is 0.0924. The van der Waals surface area contributed by atoms with Crippen LogP contribution >= 0.6 is 0 Å². The molecule has 3 aromatic rings. The van der Waals surface area contributed by atoms with Crippen molar-refractivity contribution in [2.24, 2.45) is 11.7 Å². The molecule has 0 atom stereocenters. The van der Waals surface area contributed by atoms with Gasteiger partial charge in [-0.15, -0.1) is 10.2 Å². The predicted octanol–water partition coefficient (Wildman–Crippen LogP) is 0.853. The molecule has 4 N–H and O–H groups in total. The van der Waals surface area contributed by atoms with Crippen LogP contribution in [0.2, 0.25) is 0 Å². The van der Waals surface area contributed by atoms with E-state index in [1.54, 1.807) is 23.1 Å². The SMILES string of the molecule is NC[C@H]1CC[C@H](NC(=O)c2c[nH]c3ncc4nncn4c23)CC1. The van der Waals surface area contributed by atoms with Crippen LogP contribution in [0, 0.1) is 5.92 Å². The zero-order valence-electron chi connectivity index (χ0n) is 12.7. The van der Waals surface area contributed by atoms with Gasteiger partial charge in [0.1, 0.15) is 11.8 Å². The minimum atomic E-state index is -0.0875. The number of nitrogens with one attached hydrogen (secondary N) is 2. The molecule has 1 fully saturated rings. The standard InChI is InChI=1S/C15H19N7O/c16-5-9-1-3-10(4-2-9)20-15(23)11-6-17-14-13(11)22-8-19-21-12(22)7-18-14/h6-10,17H,1-5,16H2,(H,20,23)/t9-,10-. The number of carbonyl (C=O) groups is 1. The van der Waals surface area contributed by atoms with Gasteiger partial charge in [0.25, 0.3) is 5.91 Å². The molecule has 1 amide bonds. The minimum Gasteiger partial charge on any atom is -0.349 e. The normalized spacial score (nSPS) is 21.8. The summed E-state index contributed by atoms with van der Waals surface area (Å²) >= 11 is 0. The molecule has 1 aliphatic carbocycles. The van der Waals surface area contributed by atoms with Crippen LogP contribution in [0.1, 0.15) is 36.0 Å². The van der Waals surface area contributed by atoms with Gasteiger partial charge in [-0.05, 0) is 38.1 Å². The van der Waals surface area contributed by atoms with Crippen LogP contribution in [-0.2, 0) is 0 Å². The maximum atomic E-state index is 12.7. The molecule has 3 aromatic heterocycles. The highest BCUT2D eigenvalue weighted by molar-refractivity contribution is 6.05. The summed E-state index contributed by atoms with van der Waals surface area (Å²) in [6.45, 7) is 0.737. The fraction of sp³-hybridized carbons (Fsp3) is 0.467. The van der Waals surface area contributed by atoms with E-state index in [2.05, 4.69) is 25.5 Å². The van der Waals surface area contributed by atoms with Gasteiger partial charge in [0.15, 0.2) is 11.3 Å². The van der Waals surface area contributed by atoms with E-state index in [1.807, 2.05) is 0 Å². The summed E-state index contributed by atoms with van der Waals surface area (Å²) in [6.07, 6.45) is 9.03. The summed E-state index contributed by atoms with van der Waals surface area (Å²) in [4.78, 5) is 20.0. The number of aromatic amines is 1. The van der Waals surface area contributed by atoms with E-state index in [0.717, 1.165) is 32.2 Å². The van der Waals surface area contributed by atoms with Crippen LogP contribution in [0.5, 0.6) is 0 Å². The zero-order valence-corrected chi connectivity index (χ0v) is 12.7. The summed E-state index contributed by atoms with van der Waals surface area (Å²) in [7, 11) is 0. The maximum Gasteiger partial charge on any atom is 0.255 e. The summed E-state index contributed by atoms with van der Waals surface area (Å²) in [6, 6.07) is 0.211. The van der Waals surface area contributed by atoms with E-state index < -0.39 is 0 Å². The summed E-state index contributed by atoms with van der Waals surface area (Å²) < 4.78 is 1.78. The van der Waals surface area contributed by atoms with E-state index in [9.17, 15) is 4.79 Å². The molecule has 0 spiro atoms. The number of hydrogen-bond acceptors (Lipinski definition) is 5. The van der Waals surface area contributed by atoms with Crippen molar-refractivity contribution in [2.75, 3.05) is 6.54 Å². The number of aromatic nitrogens is 5. The summed E-state index contributed by atoms with van der Waals surface area (Å²) in [5.74, 6) is 0.507. The van der Waals surface area contributed by atoms with Crippen LogP contribution < -0.4 is 11.1 Å². The molecule has 0 saturated heterocycles. The second kappa shape index (κ2) is 5.62. The summed E-state index contributed by atoms with van der Waals surface area (Å²) in [5.41, 5.74) is 8.26. The summed E-state index contributed by atoms with van der Waals surface area (Å²) in [5, 5.41) is 11.0. The second-order valence-corrected chi connectivity index (χ2v) is 6.14. The van der Waals surface area contributed by atoms with Crippen LogP contribution in [-0.4, -0.2) is 43.1 Å². The number of amides is 1. The molecule has 8 heteroatoms. The first kappa shape index (κ1) is 14.1. The van der Waals surface area contributed by atoms with Crippen molar-refractivity contribution in [1.82, 2.24) is 29.9 Å². The molecule has 23 heavy (non-hydrogen) atoms. The molecule has 1 aliphatic rings. The van der Waals surface area contributed by atoms with Gasteiger partial charge < -0.3 is 16.0 Å². The van der Waals surface area contributed by atoms with Crippen molar-refractivity contribution < 1.29 is 4.79 Å². The third kappa shape index (κ3) is 2.44. The Labute approximate surface area is 132 Å². The number of nitrogens with zero attached hydrogens (tertiary/aromatic N) is 4. The number of rotatable bonds is 3. The quantitative estimate of drug-likeness (QED) is 0.663. The molecule has 0 aromatic carbocycles. The average molecular weight is 313 g/mol. The van der Waals surface area contributed by atoms with E-state index in [0.29, 0.717) is 28.3 Å². The molecule has 0 bridgehead atoms. The lowest BCUT2D eigenvalue weighted by Gasteiger charge is -2.28. The minimum absolute atomic E-state index is 0.0875. The molecule has 0 unspecified atom stereocenters. The van der Waals surface area contributed by atoms with Crippen LogP contribution in [0.25, 0.3) is 16.8 Å². The molecule has 4 rings (SSSR count). The monoisotopic (exact) mass is 313 g/mol. The largest absolute Gasteiger partial charge is 0.349 e. The van der Waals surface area contributed by atoms with Gasteiger partial charge in [-0.2, -0.15) is 0 Å². The molecular formula is C15H19N7O. The number of fused-ring (bicyclic) bond motifs is 3. The van der Waals surface area contributed by atoms with Crippen LogP contribution in [0.4, 0.5) is 0 Å². The molecule has 3 heterocycles. The van der Waals surface area contributed by atoms with Gasteiger partial charge >= 0.3 is 0 Å². The molecular weight excluding hydrogens is 294 g/mol. The Hall–Kier alpha value is -2.48. The Kier molecular flexibility index (Phi) is 3.45. The Bertz CT molecular complexity index is 844. The Morgan fingerprint density at radius 2 is 2.22 bits per heavy atom. The van der Waals surface area contributed by atoms with Gasteiger partial charge in [0.05, 0.1) is 11.8 Å². The fourth-order valence-electron chi connectivity index (χ4n) is 3.35. The highest BCUT2D eigenvalue weighted by atomic mass is 16.1. The maximum absolute atomic E-state index is 12.7. The Morgan fingerprint density at radius 1 is 1.39 bits per heavy atom. The van der Waals surface area contributed by atoms with Crippen molar-refractivity contribution in [2.45, 2.75) is 31.7 Å². The third-order valence-corrected chi connectivity index (χ3v) is 4.72. The van der Waals surface area contributed by atoms with Gasteiger partial charge in [0, 0.05) is 12.2 Å². The Morgan fingerprint density at radius 3 is 3.00 bits per heavy atom. The van der Waals surface area contributed by atoms with Crippen molar-refractivity contribution in [3.8, 4) is 0 Å². The van der Waals surface area contributed by atoms with Gasteiger partial charge in [-0.3, -0.25) is 9.20 Å². The van der Waals surface area contributed by atoms with Crippen molar-refractivity contribution in [3.05, 3.63) is 24.3 Å². The van der Waals surface area contributed by atoms with Crippen molar-refractivity contribution >= 4 is 22.7 Å². The smallest absolute Gasteiger partial charge is 0.255 e. The first-order valence-corrected chi connectivity index (χ1v) is 7.93. The van der Waals surface area contributed by atoms with E-state index >= 15 is 0 Å². The van der Waals surface area contributed by atoms with E-state index in [4.69, 9.17) is 5.73 Å². The van der Waals surface area contributed by atoms with Gasteiger partial charge in [-0.1, -0.05) is 0 Å². The molecule has 0 radical (unpaired) electrons. The predicted molar refractivity (Wildman–Crippen MR) is 84.9 cm³/mol. The first-order chi connectivity index (χ1) is 11.3. The average Bonchev–Trinajstić information content (AvgIpc) is 3.21. The third-order valence-electron chi connectivity index (χ3n) is 4.72. The second-order valence-electron chi connectivity index (χ2n) is 6.14. The fourth-order valence-corrected chi connectivity index (χ4v) is 3.35. The number of H-pyrrole nitrogens is 1. The lowest BCUT2D eigenvalue weighted by Crippen LogP contribution is -2.38. The molecule has 1 saturated carbocycles. The van der Waals surface area contributed by atoms with Crippen LogP contribution in [0.3, 0.4) is 0 Å². The number of carbonyl (C=O) groups excluding carboxylic acids is 1. The molecule has 120 valence electrons. The van der Waals surface area contributed by atoms with Crippen molar-refractivity contribution in [1.29, 1.82) is 0 Å². The highest BCUT2D eigenvalue weighted by Crippen LogP contribution is 2.24. The topological polar surface area (TPSA) is 114 Å².